The van der Waals surface area contributed by atoms with Gasteiger partial charge >= 0.3 is 0 Å². The average molecular weight is 257 g/mol. The van der Waals surface area contributed by atoms with E-state index < -0.39 is 0 Å². The molecule has 13 heavy (non-hydrogen) atoms. The lowest BCUT2D eigenvalue weighted by atomic mass is 9.99. The Hall–Kier alpha value is -0.280. The molecule has 0 saturated carbocycles. The summed E-state index contributed by atoms with van der Waals surface area (Å²) in [7, 11) is 0. The van der Waals surface area contributed by atoms with Crippen LogP contribution < -0.4 is 0 Å². The molecule has 3 heteroatoms. The molecular weight excluding hydrogens is 248 g/mol. The van der Waals surface area contributed by atoms with E-state index in [-0.39, 0.29) is 5.25 Å². The molecule has 1 heterocycles. The third-order valence-corrected chi connectivity index (χ3v) is 4.26. The minimum Gasteiger partial charge on any atom is -0.302 e. The molecule has 0 bridgehead atoms. The van der Waals surface area contributed by atoms with Gasteiger partial charge in [-0.3, -0.25) is 0 Å². The molecular formula is C10H9BrOS. The van der Waals surface area contributed by atoms with Crippen LogP contribution in [0.3, 0.4) is 0 Å². The highest BCUT2D eigenvalue weighted by atomic mass is 79.9. The van der Waals surface area contributed by atoms with E-state index in [1.54, 1.807) is 11.8 Å². The van der Waals surface area contributed by atoms with Crippen LogP contribution in [0.5, 0.6) is 0 Å². The number of hydrogen-bond acceptors (Lipinski definition) is 2. The number of benzene rings is 1. The summed E-state index contributed by atoms with van der Waals surface area (Å²) < 4.78 is 1.09. The summed E-state index contributed by atoms with van der Waals surface area (Å²) in [4.78, 5) is 12.0. The molecule has 0 amide bonds. The van der Waals surface area contributed by atoms with Crippen molar-refractivity contribution in [2.75, 3.05) is 0 Å². The molecule has 1 aromatic rings. The summed E-state index contributed by atoms with van der Waals surface area (Å²) in [6, 6.07) is 6.20. The van der Waals surface area contributed by atoms with Gasteiger partial charge in [0.1, 0.15) is 6.29 Å². The SMILES string of the molecule is CC1c2cc(Br)ccc2SC1C=O. The molecule has 68 valence electrons. The quantitative estimate of drug-likeness (QED) is 0.718. The van der Waals surface area contributed by atoms with E-state index in [0.717, 1.165) is 10.8 Å². The largest absolute Gasteiger partial charge is 0.302 e. The first kappa shape index (κ1) is 9.28. The number of thioether (sulfide) groups is 1. The molecule has 0 aliphatic carbocycles. The van der Waals surface area contributed by atoms with Crippen LogP contribution in [0.1, 0.15) is 18.4 Å². The van der Waals surface area contributed by atoms with Crippen LogP contribution in [0.15, 0.2) is 27.6 Å². The third kappa shape index (κ3) is 1.55. The predicted molar refractivity (Wildman–Crippen MR) is 58.3 cm³/mol. The molecule has 0 aromatic heterocycles. The zero-order valence-electron chi connectivity index (χ0n) is 7.16. The summed E-state index contributed by atoms with van der Waals surface area (Å²) >= 11 is 5.10. The Kier molecular flexibility index (Phi) is 2.47. The second kappa shape index (κ2) is 3.46. The van der Waals surface area contributed by atoms with Crippen molar-refractivity contribution in [1.29, 1.82) is 0 Å². The van der Waals surface area contributed by atoms with Crippen molar-refractivity contribution in [3.05, 3.63) is 28.2 Å². The van der Waals surface area contributed by atoms with E-state index in [1.165, 1.54) is 10.5 Å². The van der Waals surface area contributed by atoms with E-state index >= 15 is 0 Å². The lowest BCUT2D eigenvalue weighted by Crippen LogP contribution is -2.07. The number of halogens is 1. The Morgan fingerprint density at radius 3 is 3.00 bits per heavy atom. The van der Waals surface area contributed by atoms with Crippen LogP contribution in [0.2, 0.25) is 0 Å². The highest BCUT2D eigenvalue weighted by molar-refractivity contribution is 9.10. The van der Waals surface area contributed by atoms with Gasteiger partial charge in [0.25, 0.3) is 0 Å². The first-order valence-electron chi connectivity index (χ1n) is 4.14. The molecule has 1 aromatic carbocycles. The van der Waals surface area contributed by atoms with Crippen molar-refractivity contribution in [1.82, 2.24) is 0 Å². The van der Waals surface area contributed by atoms with Crippen LogP contribution in [0.25, 0.3) is 0 Å². The first-order chi connectivity index (χ1) is 6.22. The summed E-state index contributed by atoms with van der Waals surface area (Å²) in [5, 5.41) is 0.101. The molecule has 2 unspecified atom stereocenters. The van der Waals surface area contributed by atoms with E-state index in [4.69, 9.17) is 0 Å². The normalized spacial score (nSPS) is 25.7. The highest BCUT2D eigenvalue weighted by Gasteiger charge is 2.29. The second-order valence-corrected chi connectivity index (χ2v) is 5.32. The maximum atomic E-state index is 10.7. The van der Waals surface area contributed by atoms with Crippen LogP contribution >= 0.6 is 27.7 Å². The van der Waals surface area contributed by atoms with Gasteiger partial charge in [0.2, 0.25) is 0 Å². The zero-order valence-corrected chi connectivity index (χ0v) is 9.56. The number of rotatable bonds is 1. The lowest BCUT2D eigenvalue weighted by Gasteiger charge is -2.06. The molecule has 1 nitrogen and oxygen atoms in total. The zero-order chi connectivity index (χ0) is 9.42. The van der Waals surface area contributed by atoms with E-state index in [1.807, 2.05) is 6.07 Å². The average Bonchev–Trinajstić information content (AvgIpc) is 2.44. The van der Waals surface area contributed by atoms with Crippen molar-refractivity contribution in [3.8, 4) is 0 Å². The standard InChI is InChI=1S/C10H9BrOS/c1-6-8-4-7(11)2-3-9(8)13-10(6)5-12/h2-6,10H,1H3. The van der Waals surface area contributed by atoms with Crippen molar-refractivity contribution >= 4 is 34.0 Å². The van der Waals surface area contributed by atoms with Gasteiger partial charge in [-0.15, -0.1) is 11.8 Å². The minimum atomic E-state index is 0.101. The van der Waals surface area contributed by atoms with Crippen LogP contribution in [0, 0.1) is 0 Å². The molecule has 0 N–H and O–H groups in total. The van der Waals surface area contributed by atoms with Gasteiger partial charge in [-0.2, -0.15) is 0 Å². The fourth-order valence-electron chi connectivity index (χ4n) is 1.55. The fraction of sp³-hybridized carbons (Fsp3) is 0.300. The van der Waals surface area contributed by atoms with Crippen LogP contribution in [-0.4, -0.2) is 11.5 Å². The van der Waals surface area contributed by atoms with Crippen molar-refractivity contribution in [2.24, 2.45) is 0 Å². The van der Waals surface area contributed by atoms with Gasteiger partial charge in [-0.25, -0.2) is 0 Å². The van der Waals surface area contributed by atoms with Gasteiger partial charge in [-0.05, 0) is 23.8 Å². The van der Waals surface area contributed by atoms with Gasteiger partial charge in [0, 0.05) is 15.3 Å². The van der Waals surface area contributed by atoms with Gasteiger partial charge in [0.15, 0.2) is 0 Å². The van der Waals surface area contributed by atoms with Crippen LogP contribution in [0.4, 0.5) is 0 Å². The maximum Gasteiger partial charge on any atom is 0.133 e. The Morgan fingerprint density at radius 2 is 2.31 bits per heavy atom. The van der Waals surface area contributed by atoms with E-state index in [2.05, 4.69) is 35.0 Å². The fourth-order valence-corrected chi connectivity index (χ4v) is 3.16. The van der Waals surface area contributed by atoms with Gasteiger partial charge < -0.3 is 4.79 Å². The molecule has 1 aliphatic heterocycles. The molecule has 0 fully saturated rings. The number of hydrogen-bond donors (Lipinski definition) is 0. The maximum absolute atomic E-state index is 10.7. The van der Waals surface area contributed by atoms with Crippen molar-refractivity contribution < 1.29 is 4.79 Å². The second-order valence-electron chi connectivity index (χ2n) is 3.19. The van der Waals surface area contributed by atoms with Crippen LogP contribution in [-0.2, 0) is 4.79 Å². The Morgan fingerprint density at radius 1 is 1.54 bits per heavy atom. The lowest BCUT2D eigenvalue weighted by molar-refractivity contribution is -0.107. The molecule has 2 rings (SSSR count). The van der Waals surface area contributed by atoms with E-state index in [0.29, 0.717) is 5.92 Å². The Labute approximate surface area is 90.0 Å². The third-order valence-electron chi connectivity index (χ3n) is 2.35. The summed E-state index contributed by atoms with van der Waals surface area (Å²) in [6.07, 6.45) is 1.04. The number of aldehydes is 1. The smallest absolute Gasteiger partial charge is 0.133 e. The Balaban J connectivity index is 2.44. The van der Waals surface area contributed by atoms with Gasteiger partial charge in [-0.1, -0.05) is 22.9 Å². The number of carbonyl (C=O) groups excluding carboxylic acids is 1. The summed E-state index contributed by atoms with van der Waals surface area (Å²) in [5.74, 6) is 0.343. The van der Waals surface area contributed by atoms with E-state index in [9.17, 15) is 4.79 Å². The summed E-state index contributed by atoms with van der Waals surface area (Å²) in [6.45, 7) is 2.10. The van der Waals surface area contributed by atoms with Crippen molar-refractivity contribution in [2.45, 2.75) is 23.0 Å². The predicted octanol–water partition coefficient (Wildman–Crippen LogP) is 3.23. The molecule has 0 spiro atoms. The van der Waals surface area contributed by atoms with Crippen molar-refractivity contribution in [3.63, 3.8) is 0 Å². The van der Waals surface area contributed by atoms with Gasteiger partial charge in [0.05, 0.1) is 5.25 Å². The first-order valence-corrected chi connectivity index (χ1v) is 5.81. The minimum absolute atomic E-state index is 0.101. The molecule has 1 aliphatic rings. The molecule has 0 radical (unpaired) electrons. The molecule has 0 saturated heterocycles. The highest BCUT2D eigenvalue weighted by Crippen LogP contribution is 2.44. The summed E-state index contributed by atoms with van der Waals surface area (Å²) in [5.41, 5.74) is 1.29. The monoisotopic (exact) mass is 256 g/mol. The topological polar surface area (TPSA) is 17.1 Å². The number of carbonyl (C=O) groups is 1. The number of fused-ring (bicyclic) bond motifs is 1. The Bertz CT molecular complexity index is 351. The molecule has 2 atom stereocenters.